The standard InChI is InChI=1S/C23H23N5O3/c1-15(2)14-31-19-10-9-16(11-20(19)30-3)13-25-28-23-26-21(17-7-5-4-6-8-17)18(12-24)22(29)27-23/h4-11,13,15H,14H2,1-3H3,(H2,26,27,28,29). The Morgan fingerprint density at radius 3 is 2.68 bits per heavy atom. The van der Waals surface area contributed by atoms with Gasteiger partial charge < -0.3 is 9.47 Å². The first-order chi connectivity index (χ1) is 15.0. The summed E-state index contributed by atoms with van der Waals surface area (Å²) in [6, 6.07) is 16.4. The molecule has 2 aromatic carbocycles. The number of nitrogens with zero attached hydrogens (tertiary/aromatic N) is 3. The number of nitrogens with one attached hydrogen (secondary N) is 2. The van der Waals surface area contributed by atoms with Crippen molar-refractivity contribution in [1.82, 2.24) is 9.97 Å². The third-order valence-electron chi connectivity index (χ3n) is 4.22. The molecule has 1 heterocycles. The highest BCUT2D eigenvalue weighted by atomic mass is 16.5. The molecular formula is C23H23N5O3. The minimum absolute atomic E-state index is 0.0533. The fourth-order valence-corrected chi connectivity index (χ4v) is 2.74. The zero-order chi connectivity index (χ0) is 22.2. The van der Waals surface area contributed by atoms with Gasteiger partial charge in [-0.3, -0.25) is 9.78 Å². The Kier molecular flexibility index (Phi) is 7.01. The second-order valence-corrected chi connectivity index (χ2v) is 7.10. The molecule has 0 aliphatic rings. The first-order valence-corrected chi connectivity index (χ1v) is 9.71. The van der Waals surface area contributed by atoms with Crippen molar-refractivity contribution in [3.05, 3.63) is 70.0 Å². The average molecular weight is 417 g/mol. The van der Waals surface area contributed by atoms with Crippen molar-refractivity contribution < 1.29 is 9.47 Å². The molecular weight excluding hydrogens is 394 g/mol. The molecule has 0 atom stereocenters. The first kappa shape index (κ1) is 21.6. The summed E-state index contributed by atoms with van der Waals surface area (Å²) < 4.78 is 11.1. The number of hydrogen-bond acceptors (Lipinski definition) is 7. The number of hydrazone groups is 1. The molecule has 8 heteroatoms. The van der Waals surface area contributed by atoms with E-state index in [1.165, 1.54) is 0 Å². The van der Waals surface area contributed by atoms with Crippen LogP contribution in [0.4, 0.5) is 5.95 Å². The Hall–Kier alpha value is -4.12. The van der Waals surface area contributed by atoms with Gasteiger partial charge in [0.25, 0.3) is 5.56 Å². The fraction of sp³-hybridized carbons (Fsp3) is 0.217. The number of aromatic amines is 1. The lowest BCUT2D eigenvalue weighted by Crippen LogP contribution is -2.16. The molecule has 0 spiro atoms. The normalized spacial score (nSPS) is 10.8. The van der Waals surface area contributed by atoms with Gasteiger partial charge in [-0.05, 0) is 29.7 Å². The molecule has 158 valence electrons. The van der Waals surface area contributed by atoms with Crippen molar-refractivity contribution in [3.63, 3.8) is 0 Å². The molecule has 0 bridgehead atoms. The number of anilines is 1. The average Bonchev–Trinajstić information content (AvgIpc) is 2.78. The van der Waals surface area contributed by atoms with Crippen molar-refractivity contribution in [2.24, 2.45) is 11.0 Å². The number of nitriles is 1. The minimum Gasteiger partial charge on any atom is -0.493 e. The van der Waals surface area contributed by atoms with E-state index in [1.54, 1.807) is 31.5 Å². The van der Waals surface area contributed by atoms with Crippen molar-refractivity contribution in [1.29, 1.82) is 5.26 Å². The van der Waals surface area contributed by atoms with E-state index in [-0.39, 0.29) is 17.2 Å². The van der Waals surface area contributed by atoms with Gasteiger partial charge in [0.2, 0.25) is 5.95 Å². The highest BCUT2D eigenvalue weighted by molar-refractivity contribution is 5.81. The van der Waals surface area contributed by atoms with E-state index in [1.807, 2.05) is 36.4 Å². The van der Waals surface area contributed by atoms with E-state index in [0.29, 0.717) is 29.6 Å². The largest absolute Gasteiger partial charge is 0.493 e. The van der Waals surface area contributed by atoms with Gasteiger partial charge in [-0.2, -0.15) is 10.4 Å². The van der Waals surface area contributed by atoms with E-state index < -0.39 is 5.56 Å². The smallest absolute Gasteiger partial charge is 0.270 e. The summed E-state index contributed by atoms with van der Waals surface area (Å²) in [5, 5.41) is 13.5. The second kappa shape index (κ2) is 10.1. The van der Waals surface area contributed by atoms with Crippen molar-refractivity contribution >= 4 is 12.2 Å². The molecule has 0 amide bonds. The topological polar surface area (TPSA) is 112 Å². The van der Waals surface area contributed by atoms with Gasteiger partial charge in [-0.1, -0.05) is 44.2 Å². The summed E-state index contributed by atoms with van der Waals surface area (Å²) in [5.74, 6) is 1.79. The Bertz CT molecular complexity index is 1160. The molecule has 8 nitrogen and oxygen atoms in total. The van der Waals surface area contributed by atoms with E-state index >= 15 is 0 Å². The maximum Gasteiger partial charge on any atom is 0.270 e. The molecule has 3 aromatic rings. The summed E-state index contributed by atoms with van der Waals surface area (Å²) in [6.45, 7) is 4.74. The predicted octanol–water partition coefficient (Wildman–Crippen LogP) is 3.80. The maximum absolute atomic E-state index is 12.3. The molecule has 0 radical (unpaired) electrons. The lowest BCUT2D eigenvalue weighted by atomic mass is 10.1. The Labute approximate surface area is 180 Å². The number of methoxy groups -OCH3 is 1. The lowest BCUT2D eigenvalue weighted by molar-refractivity contribution is 0.257. The SMILES string of the molecule is COc1cc(C=NNc2nc(-c3ccccc3)c(C#N)c(=O)[nH]2)ccc1OCC(C)C. The van der Waals surface area contributed by atoms with E-state index in [0.717, 1.165) is 5.56 Å². The molecule has 2 N–H and O–H groups in total. The molecule has 0 aliphatic carbocycles. The van der Waals surface area contributed by atoms with Crippen LogP contribution in [-0.4, -0.2) is 29.9 Å². The zero-order valence-electron chi connectivity index (χ0n) is 17.5. The Morgan fingerprint density at radius 1 is 1.23 bits per heavy atom. The van der Waals surface area contributed by atoms with Crippen LogP contribution in [0.2, 0.25) is 0 Å². The monoisotopic (exact) mass is 417 g/mol. The van der Waals surface area contributed by atoms with Crippen LogP contribution in [0.25, 0.3) is 11.3 Å². The maximum atomic E-state index is 12.3. The van der Waals surface area contributed by atoms with Crippen LogP contribution < -0.4 is 20.5 Å². The molecule has 0 unspecified atom stereocenters. The molecule has 0 fully saturated rings. The van der Waals surface area contributed by atoms with Gasteiger partial charge in [0.1, 0.15) is 11.6 Å². The molecule has 0 saturated carbocycles. The van der Waals surface area contributed by atoms with Gasteiger partial charge in [0.15, 0.2) is 11.5 Å². The third kappa shape index (κ3) is 5.48. The number of ether oxygens (including phenoxy) is 2. The van der Waals surface area contributed by atoms with Crippen molar-refractivity contribution in [3.8, 4) is 28.8 Å². The van der Waals surface area contributed by atoms with E-state index in [9.17, 15) is 10.1 Å². The van der Waals surface area contributed by atoms with Crippen LogP contribution in [0.5, 0.6) is 11.5 Å². The lowest BCUT2D eigenvalue weighted by Gasteiger charge is -2.12. The predicted molar refractivity (Wildman–Crippen MR) is 120 cm³/mol. The minimum atomic E-state index is -0.539. The summed E-state index contributed by atoms with van der Waals surface area (Å²) >= 11 is 0. The quantitative estimate of drug-likeness (QED) is 0.426. The summed E-state index contributed by atoms with van der Waals surface area (Å²) in [7, 11) is 1.58. The molecule has 1 aromatic heterocycles. The zero-order valence-corrected chi connectivity index (χ0v) is 17.5. The highest BCUT2D eigenvalue weighted by Gasteiger charge is 2.13. The van der Waals surface area contributed by atoms with E-state index in [4.69, 9.17) is 9.47 Å². The summed E-state index contributed by atoms with van der Waals surface area (Å²) in [6.07, 6.45) is 1.56. The van der Waals surface area contributed by atoms with Crippen molar-refractivity contribution in [2.75, 3.05) is 19.1 Å². The number of benzene rings is 2. The number of aromatic nitrogens is 2. The number of hydrogen-bond donors (Lipinski definition) is 2. The van der Waals surface area contributed by atoms with Crippen LogP contribution in [0, 0.1) is 17.2 Å². The number of H-pyrrole nitrogens is 1. The van der Waals surface area contributed by atoms with Gasteiger partial charge in [0, 0.05) is 5.56 Å². The molecule has 31 heavy (non-hydrogen) atoms. The molecule has 0 aliphatic heterocycles. The summed E-state index contributed by atoms with van der Waals surface area (Å²) in [5.41, 5.74) is 3.84. The van der Waals surface area contributed by atoms with Crippen LogP contribution in [0.3, 0.4) is 0 Å². The Morgan fingerprint density at radius 2 is 2.00 bits per heavy atom. The van der Waals surface area contributed by atoms with Crippen molar-refractivity contribution in [2.45, 2.75) is 13.8 Å². The van der Waals surface area contributed by atoms with Crippen LogP contribution in [0.15, 0.2) is 58.4 Å². The highest BCUT2D eigenvalue weighted by Crippen LogP contribution is 2.28. The first-order valence-electron chi connectivity index (χ1n) is 9.71. The molecule has 3 rings (SSSR count). The van der Waals surface area contributed by atoms with E-state index in [2.05, 4.69) is 34.3 Å². The summed E-state index contributed by atoms with van der Waals surface area (Å²) in [4.78, 5) is 19.2. The fourth-order valence-electron chi connectivity index (χ4n) is 2.74. The van der Waals surface area contributed by atoms with Crippen LogP contribution in [-0.2, 0) is 0 Å². The van der Waals surface area contributed by atoms with Crippen LogP contribution >= 0.6 is 0 Å². The van der Waals surface area contributed by atoms with Gasteiger partial charge in [-0.15, -0.1) is 0 Å². The third-order valence-corrected chi connectivity index (χ3v) is 4.22. The van der Waals surface area contributed by atoms with Gasteiger partial charge in [0.05, 0.1) is 25.6 Å². The van der Waals surface area contributed by atoms with Gasteiger partial charge >= 0.3 is 0 Å². The second-order valence-electron chi connectivity index (χ2n) is 7.10. The number of rotatable bonds is 8. The van der Waals surface area contributed by atoms with Gasteiger partial charge in [-0.25, -0.2) is 10.4 Å². The Balaban J connectivity index is 1.80. The molecule has 0 saturated heterocycles. The van der Waals surface area contributed by atoms with Crippen LogP contribution in [0.1, 0.15) is 25.0 Å².